The van der Waals surface area contributed by atoms with Gasteiger partial charge < -0.3 is 14.7 Å². The molecule has 0 spiro atoms. The molecule has 0 aromatic carbocycles. The highest BCUT2D eigenvalue weighted by Crippen LogP contribution is 2.24. The maximum Gasteiger partial charge on any atom is 0.410 e. The SMILES string of the molecule is CC(C)(C)OC(=O)N1CCC(N2CCC(CO)CC2)C1. The molecule has 2 rings (SSSR count). The van der Waals surface area contributed by atoms with Crippen LogP contribution in [0.1, 0.15) is 40.0 Å². The fourth-order valence-electron chi connectivity index (χ4n) is 3.03. The van der Waals surface area contributed by atoms with Crippen molar-refractivity contribution in [2.45, 2.75) is 51.7 Å². The van der Waals surface area contributed by atoms with Crippen LogP contribution in [0.25, 0.3) is 0 Å². The van der Waals surface area contributed by atoms with Gasteiger partial charge in [-0.25, -0.2) is 4.79 Å². The molecule has 1 unspecified atom stereocenters. The van der Waals surface area contributed by atoms with Crippen molar-refractivity contribution in [3.8, 4) is 0 Å². The number of nitrogens with zero attached hydrogens (tertiary/aromatic N) is 2. The first-order chi connectivity index (χ1) is 9.39. The second-order valence-corrected chi connectivity index (χ2v) is 7.03. The van der Waals surface area contributed by atoms with E-state index < -0.39 is 5.60 Å². The molecule has 1 N–H and O–H groups in total. The van der Waals surface area contributed by atoms with Gasteiger partial charge in [0, 0.05) is 25.7 Å². The van der Waals surface area contributed by atoms with Crippen LogP contribution >= 0.6 is 0 Å². The van der Waals surface area contributed by atoms with Crippen LogP contribution in [-0.2, 0) is 4.74 Å². The molecule has 5 heteroatoms. The van der Waals surface area contributed by atoms with Crippen molar-refractivity contribution in [1.29, 1.82) is 0 Å². The third kappa shape index (κ3) is 4.09. The average molecular weight is 284 g/mol. The molecule has 2 saturated heterocycles. The third-order valence-electron chi connectivity index (χ3n) is 4.24. The first-order valence-electron chi connectivity index (χ1n) is 7.72. The van der Waals surface area contributed by atoms with E-state index in [9.17, 15) is 9.90 Å². The van der Waals surface area contributed by atoms with Gasteiger partial charge in [0.2, 0.25) is 0 Å². The fraction of sp³-hybridized carbons (Fsp3) is 0.933. The van der Waals surface area contributed by atoms with Crippen molar-refractivity contribution in [2.75, 3.05) is 32.8 Å². The standard InChI is InChI=1S/C15H28N2O3/c1-15(2,3)20-14(19)17-9-6-13(10-17)16-7-4-12(11-18)5-8-16/h12-13,18H,4-11H2,1-3H3. The molecule has 2 fully saturated rings. The normalized spacial score (nSPS) is 26.0. The number of rotatable bonds is 2. The summed E-state index contributed by atoms with van der Waals surface area (Å²) in [4.78, 5) is 16.3. The lowest BCUT2D eigenvalue weighted by Gasteiger charge is -2.35. The molecular weight excluding hydrogens is 256 g/mol. The average Bonchev–Trinajstić information content (AvgIpc) is 2.86. The number of aliphatic hydroxyl groups is 1. The van der Waals surface area contributed by atoms with E-state index in [-0.39, 0.29) is 6.09 Å². The Morgan fingerprint density at radius 1 is 1.20 bits per heavy atom. The summed E-state index contributed by atoms with van der Waals surface area (Å²) in [5, 5.41) is 9.18. The second kappa shape index (κ2) is 6.31. The van der Waals surface area contributed by atoms with Crippen LogP contribution in [0.15, 0.2) is 0 Å². The topological polar surface area (TPSA) is 53.0 Å². The molecule has 0 radical (unpaired) electrons. The van der Waals surface area contributed by atoms with Crippen molar-refractivity contribution in [1.82, 2.24) is 9.80 Å². The molecule has 0 bridgehead atoms. The summed E-state index contributed by atoms with van der Waals surface area (Å²) < 4.78 is 5.43. The van der Waals surface area contributed by atoms with Crippen molar-refractivity contribution < 1.29 is 14.6 Å². The Bertz CT molecular complexity index is 333. The number of amides is 1. The van der Waals surface area contributed by atoms with Gasteiger partial charge in [-0.05, 0) is 59.0 Å². The molecule has 2 aliphatic heterocycles. The van der Waals surface area contributed by atoms with E-state index in [0.29, 0.717) is 18.6 Å². The molecule has 1 amide bonds. The zero-order valence-corrected chi connectivity index (χ0v) is 13.0. The van der Waals surface area contributed by atoms with Crippen LogP contribution < -0.4 is 0 Å². The first kappa shape index (κ1) is 15.6. The number of hydrogen-bond acceptors (Lipinski definition) is 4. The maximum atomic E-state index is 12.0. The van der Waals surface area contributed by atoms with Crippen molar-refractivity contribution in [3.05, 3.63) is 0 Å². The van der Waals surface area contributed by atoms with Crippen LogP contribution in [-0.4, -0.2) is 65.4 Å². The third-order valence-corrected chi connectivity index (χ3v) is 4.24. The number of ether oxygens (including phenoxy) is 1. The fourth-order valence-corrected chi connectivity index (χ4v) is 3.03. The zero-order chi connectivity index (χ0) is 14.8. The summed E-state index contributed by atoms with van der Waals surface area (Å²) in [6.45, 7) is 9.66. The Balaban J connectivity index is 1.79. The highest BCUT2D eigenvalue weighted by molar-refractivity contribution is 5.68. The van der Waals surface area contributed by atoms with E-state index in [4.69, 9.17) is 4.74 Å². The minimum Gasteiger partial charge on any atom is -0.444 e. The molecule has 0 aromatic heterocycles. The molecule has 2 heterocycles. The molecule has 2 aliphatic rings. The maximum absolute atomic E-state index is 12.0. The Kier molecular flexibility index (Phi) is 4.91. The summed E-state index contributed by atoms with van der Waals surface area (Å²) in [5.74, 6) is 0.467. The predicted octanol–water partition coefficient (Wildman–Crippen LogP) is 1.70. The number of carbonyl (C=O) groups is 1. The lowest BCUT2D eigenvalue weighted by Crippen LogP contribution is -2.44. The number of hydrogen-bond donors (Lipinski definition) is 1. The van der Waals surface area contributed by atoms with Crippen molar-refractivity contribution in [3.63, 3.8) is 0 Å². The van der Waals surface area contributed by atoms with Crippen LogP contribution in [0.5, 0.6) is 0 Å². The molecular formula is C15H28N2O3. The number of likely N-dealkylation sites (tertiary alicyclic amines) is 2. The van der Waals surface area contributed by atoms with Gasteiger partial charge in [0.15, 0.2) is 0 Å². The minimum absolute atomic E-state index is 0.190. The lowest BCUT2D eigenvalue weighted by molar-refractivity contribution is 0.0271. The number of carbonyl (C=O) groups excluding carboxylic acids is 1. The lowest BCUT2D eigenvalue weighted by atomic mass is 9.96. The van der Waals surface area contributed by atoms with Gasteiger partial charge in [-0.3, -0.25) is 4.90 Å². The number of piperidine rings is 1. The Labute approximate surface area is 121 Å². The minimum atomic E-state index is -0.422. The first-order valence-corrected chi connectivity index (χ1v) is 7.72. The van der Waals surface area contributed by atoms with Gasteiger partial charge in [-0.15, -0.1) is 0 Å². The Hall–Kier alpha value is -0.810. The predicted molar refractivity (Wildman–Crippen MR) is 77.6 cm³/mol. The highest BCUT2D eigenvalue weighted by Gasteiger charge is 2.34. The van der Waals surface area contributed by atoms with E-state index >= 15 is 0 Å². The van der Waals surface area contributed by atoms with E-state index in [1.54, 1.807) is 0 Å². The van der Waals surface area contributed by atoms with Crippen LogP contribution in [0.3, 0.4) is 0 Å². The quantitative estimate of drug-likeness (QED) is 0.838. The largest absolute Gasteiger partial charge is 0.444 e. The summed E-state index contributed by atoms with van der Waals surface area (Å²) in [6.07, 6.45) is 2.98. The smallest absolute Gasteiger partial charge is 0.410 e. The van der Waals surface area contributed by atoms with E-state index in [0.717, 1.165) is 45.4 Å². The zero-order valence-electron chi connectivity index (χ0n) is 13.0. The molecule has 5 nitrogen and oxygen atoms in total. The molecule has 0 aromatic rings. The van der Waals surface area contributed by atoms with Crippen LogP contribution in [0, 0.1) is 5.92 Å². The van der Waals surface area contributed by atoms with Gasteiger partial charge in [0.25, 0.3) is 0 Å². The van der Waals surface area contributed by atoms with Gasteiger partial charge in [0.1, 0.15) is 5.60 Å². The summed E-state index contributed by atoms with van der Waals surface area (Å²) >= 11 is 0. The molecule has 0 saturated carbocycles. The second-order valence-electron chi connectivity index (χ2n) is 7.03. The Morgan fingerprint density at radius 3 is 2.40 bits per heavy atom. The van der Waals surface area contributed by atoms with Crippen LogP contribution in [0.4, 0.5) is 4.79 Å². The van der Waals surface area contributed by atoms with E-state index in [1.165, 1.54) is 0 Å². The van der Waals surface area contributed by atoms with Gasteiger partial charge in [0.05, 0.1) is 0 Å². The summed E-state index contributed by atoms with van der Waals surface area (Å²) in [6, 6.07) is 0.460. The van der Waals surface area contributed by atoms with Gasteiger partial charge in [-0.2, -0.15) is 0 Å². The Morgan fingerprint density at radius 2 is 1.85 bits per heavy atom. The molecule has 116 valence electrons. The van der Waals surface area contributed by atoms with Crippen molar-refractivity contribution >= 4 is 6.09 Å². The summed E-state index contributed by atoms with van der Waals surface area (Å²) in [7, 11) is 0. The van der Waals surface area contributed by atoms with Gasteiger partial charge in [-0.1, -0.05) is 0 Å². The molecule has 0 aliphatic carbocycles. The van der Waals surface area contributed by atoms with E-state index in [2.05, 4.69) is 4.90 Å². The highest BCUT2D eigenvalue weighted by atomic mass is 16.6. The molecule has 1 atom stereocenters. The van der Waals surface area contributed by atoms with E-state index in [1.807, 2.05) is 25.7 Å². The van der Waals surface area contributed by atoms with Crippen molar-refractivity contribution in [2.24, 2.45) is 5.92 Å². The monoisotopic (exact) mass is 284 g/mol. The van der Waals surface area contributed by atoms with Gasteiger partial charge >= 0.3 is 6.09 Å². The van der Waals surface area contributed by atoms with Crippen LogP contribution in [0.2, 0.25) is 0 Å². The summed E-state index contributed by atoms with van der Waals surface area (Å²) in [5.41, 5.74) is -0.422. The molecule has 20 heavy (non-hydrogen) atoms. The number of aliphatic hydroxyl groups excluding tert-OH is 1.